The highest BCUT2D eigenvalue weighted by Crippen LogP contribution is 2.12. The van der Waals surface area contributed by atoms with E-state index in [0.717, 1.165) is 5.01 Å². The van der Waals surface area contributed by atoms with E-state index in [4.69, 9.17) is 14.2 Å². The summed E-state index contributed by atoms with van der Waals surface area (Å²) in [5.41, 5.74) is 1.06. The summed E-state index contributed by atoms with van der Waals surface area (Å²) in [6.07, 6.45) is 0.888. The van der Waals surface area contributed by atoms with Crippen LogP contribution in [-0.4, -0.2) is 47.5 Å². The van der Waals surface area contributed by atoms with E-state index in [1.54, 1.807) is 48.5 Å². The summed E-state index contributed by atoms with van der Waals surface area (Å²) in [7, 11) is 0. The minimum atomic E-state index is -0.727. The number of unbranched alkanes of at least 4 members (excludes halogenated alkanes) is 2. The summed E-state index contributed by atoms with van der Waals surface area (Å²) in [5.74, 6) is -0.233. The van der Waals surface area contributed by atoms with Crippen molar-refractivity contribution in [2.45, 2.75) is 85.4 Å². The van der Waals surface area contributed by atoms with Gasteiger partial charge in [0.05, 0.1) is 6.61 Å². The van der Waals surface area contributed by atoms with Crippen LogP contribution in [-0.2, 0) is 19.0 Å². The normalized spacial score (nSPS) is 11.5. The summed E-state index contributed by atoms with van der Waals surface area (Å²) in [5, 5.41) is 1.10. The van der Waals surface area contributed by atoms with E-state index >= 15 is 0 Å². The van der Waals surface area contributed by atoms with Crippen molar-refractivity contribution in [2.75, 3.05) is 13.2 Å². The lowest BCUT2D eigenvalue weighted by Crippen LogP contribution is -2.50. The fourth-order valence-electron chi connectivity index (χ4n) is 1.87. The molecule has 8 nitrogen and oxygen atoms in total. The highest BCUT2D eigenvalue weighted by Gasteiger charge is 2.25. The first kappa shape index (κ1) is 24.0. The number of hydrogen-bond acceptors (Lipinski definition) is 6. The zero-order chi connectivity index (χ0) is 20.4. The fraction of sp³-hybridized carbons (Fsp3) is 0.833. The second-order valence-corrected chi connectivity index (χ2v) is 7.86. The number of nitrogens with one attached hydrogen (secondary N) is 1. The standard InChI is InChI=1S/C18H34N2O6/c1-8-24-14(21)12-10-9-11-13-20(16(23)26-18(5,6)7)19-15(22)25-17(2,3)4/h8-13H2,1-7H3,(H,19,22). The summed E-state index contributed by atoms with van der Waals surface area (Å²) in [6.45, 7) is 12.8. The van der Waals surface area contributed by atoms with Crippen molar-refractivity contribution < 1.29 is 28.6 Å². The third kappa shape index (κ3) is 13.3. The van der Waals surface area contributed by atoms with Crippen molar-refractivity contribution in [3.63, 3.8) is 0 Å². The van der Waals surface area contributed by atoms with E-state index in [1.165, 1.54) is 0 Å². The van der Waals surface area contributed by atoms with E-state index in [9.17, 15) is 14.4 Å². The topological polar surface area (TPSA) is 94.2 Å². The van der Waals surface area contributed by atoms with Gasteiger partial charge in [0, 0.05) is 13.0 Å². The predicted octanol–water partition coefficient (Wildman–Crippen LogP) is 3.79. The Balaban J connectivity index is 4.56. The molecule has 2 amide bonds. The Labute approximate surface area is 156 Å². The van der Waals surface area contributed by atoms with E-state index in [2.05, 4.69) is 5.43 Å². The van der Waals surface area contributed by atoms with Crippen LogP contribution in [0.15, 0.2) is 0 Å². The first-order valence-corrected chi connectivity index (χ1v) is 9.00. The summed E-state index contributed by atoms with van der Waals surface area (Å²) in [6, 6.07) is 0. The van der Waals surface area contributed by atoms with Gasteiger partial charge in [-0.2, -0.15) is 0 Å². The molecule has 0 heterocycles. The van der Waals surface area contributed by atoms with Crippen molar-refractivity contribution in [3.8, 4) is 0 Å². The maximum Gasteiger partial charge on any atom is 0.429 e. The zero-order valence-electron chi connectivity index (χ0n) is 17.1. The molecule has 0 aliphatic heterocycles. The lowest BCUT2D eigenvalue weighted by molar-refractivity contribution is -0.143. The van der Waals surface area contributed by atoms with E-state index in [1.807, 2.05) is 0 Å². The number of esters is 1. The highest BCUT2D eigenvalue weighted by molar-refractivity contribution is 5.74. The second-order valence-electron chi connectivity index (χ2n) is 7.86. The maximum absolute atomic E-state index is 12.3. The molecular weight excluding hydrogens is 340 g/mol. The van der Waals surface area contributed by atoms with Crippen LogP contribution in [0.5, 0.6) is 0 Å². The average Bonchev–Trinajstić information content (AvgIpc) is 2.42. The SMILES string of the molecule is CCOC(=O)CCCCCN(NC(=O)OC(C)(C)C)C(=O)OC(C)(C)C. The molecule has 0 saturated heterocycles. The number of amides is 2. The number of nitrogens with zero attached hydrogens (tertiary/aromatic N) is 1. The molecule has 26 heavy (non-hydrogen) atoms. The van der Waals surface area contributed by atoms with Crippen molar-refractivity contribution >= 4 is 18.2 Å². The Morgan fingerprint density at radius 2 is 1.46 bits per heavy atom. The van der Waals surface area contributed by atoms with Crippen LogP contribution in [0.4, 0.5) is 9.59 Å². The fourth-order valence-corrected chi connectivity index (χ4v) is 1.87. The van der Waals surface area contributed by atoms with Crippen LogP contribution in [0.25, 0.3) is 0 Å². The third-order valence-corrected chi connectivity index (χ3v) is 2.81. The molecule has 0 unspecified atom stereocenters. The van der Waals surface area contributed by atoms with Crippen LogP contribution in [0.3, 0.4) is 0 Å². The number of hydrogen-bond donors (Lipinski definition) is 1. The Morgan fingerprint density at radius 3 is 1.96 bits per heavy atom. The van der Waals surface area contributed by atoms with Crippen molar-refractivity contribution in [2.24, 2.45) is 0 Å². The van der Waals surface area contributed by atoms with Gasteiger partial charge < -0.3 is 14.2 Å². The largest absolute Gasteiger partial charge is 0.466 e. The van der Waals surface area contributed by atoms with Crippen molar-refractivity contribution in [1.82, 2.24) is 10.4 Å². The molecule has 1 N–H and O–H groups in total. The summed E-state index contributed by atoms with van der Waals surface area (Å²) >= 11 is 0. The number of hydrazine groups is 1. The molecule has 0 rings (SSSR count). The van der Waals surface area contributed by atoms with Gasteiger partial charge in [-0.05, 0) is 61.3 Å². The lowest BCUT2D eigenvalue weighted by atomic mass is 10.2. The Kier molecular flexibility index (Phi) is 10.0. The van der Waals surface area contributed by atoms with Gasteiger partial charge >= 0.3 is 18.2 Å². The number of carbonyl (C=O) groups excluding carboxylic acids is 3. The first-order chi connectivity index (χ1) is 11.8. The molecule has 0 atom stereocenters. The number of ether oxygens (including phenoxy) is 3. The van der Waals surface area contributed by atoms with Gasteiger partial charge in [-0.3, -0.25) is 4.79 Å². The quantitative estimate of drug-likeness (QED) is 0.315. The van der Waals surface area contributed by atoms with Gasteiger partial charge in [0.25, 0.3) is 0 Å². The van der Waals surface area contributed by atoms with E-state index in [-0.39, 0.29) is 12.5 Å². The minimum absolute atomic E-state index is 0.233. The Morgan fingerprint density at radius 1 is 0.885 bits per heavy atom. The Hall–Kier alpha value is -1.99. The summed E-state index contributed by atoms with van der Waals surface area (Å²) in [4.78, 5) is 35.5. The van der Waals surface area contributed by atoms with Crippen LogP contribution < -0.4 is 5.43 Å². The van der Waals surface area contributed by atoms with E-state index < -0.39 is 23.4 Å². The molecular formula is C18H34N2O6. The molecule has 152 valence electrons. The molecule has 0 aliphatic carbocycles. The van der Waals surface area contributed by atoms with Crippen LogP contribution in [0.1, 0.15) is 74.1 Å². The van der Waals surface area contributed by atoms with Crippen molar-refractivity contribution in [1.29, 1.82) is 0 Å². The molecule has 0 bridgehead atoms. The van der Waals surface area contributed by atoms with Crippen LogP contribution >= 0.6 is 0 Å². The third-order valence-electron chi connectivity index (χ3n) is 2.81. The molecule has 0 saturated carbocycles. The van der Waals surface area contributed by atoms with Crippen LogP contribution in [0.2, 0.25) is 0 Å². The van der Waals surface area contributed by atoms with Crippen LogP contribution in [0, 0.1) is 0 Å². The molecule has 0 fully saturated rings. The van der Waals surface area contributed by atoms with Gasteiger partial charge in [-0.25, -0.2) is 20.0 Å². The first-order valence-electron chi connectivity index (χ1n) is 9.00. The number of carbonyl (C=O) groups is 3. The molecule has 0 radical (unpaired) electrons. The highest BCUT2D eigenvalue weighted by atomic mass is 16.6. The average molecular weight is 374 g/mol. The van der Waals surface area contributed by atoms with Gasteiger partial charge in [-0.15, -0.1) is 0 Å². The molecule has 8 heteroatoms. The van der Waals surface area contributed by atoms with Gasteiger partial charge in [0.1, 0.15) is 11.2 Å². The monoisotopic (exact) mass is 374 g/mol. The zero-order valence-corrected chi connectivity index (χ0v) is 17.1. The smallest absolute Gasteiger partial charge is 0.429 e. The molecule has 0 aromatic heterocycles. The summed E-state index contributed by atoms with van der Waals surface area (Å²) < 4.78 is 15.3. The minimum Gasteiger partial charge on any atom is -0.466 e. The maximum atomic E-state index is 12.3. The van der Waals surface area contributed by atoms with Gasteiger partial charge in [0.15, 0.2) is 0 Å². The molecule has 0 aromatic carbocycles. The van der Waals surface area contributed by atoms with Gasteiger partial charge in [0.2, 0.25) is 0 Å². The van der Waals surface area contributed by atoms with Crippen molar-refractivity contribution in [3.05, 3.63) is 0 Å². The molecule has 0 aliphatic rings. The number of rotatable bonds is 7. The van der Waals surface area contributed by atoms with E-state index in [0.29, 0.717) is 32.3 Å². The molecule has 0 spiro atoms. The Bertz CT molecular complexity index is 465. The van der Waals surface area contributed by atoms with Gasteiger partial charge in [-0.1, -0.05) is 6.42 Å². The lowest BCUT2D eigenvalue weighted by Gasteiger charge is -2.28. The predicted molar refractivity (Wildman–Crippen MR) is 97.4 cm³/mol. The second kappa shape index (κ2) is 10.9. The molecule has 0 aromatic rings.